The first-order valence-electron chi connectivity index (χ1n) is 6.94. The lowest BCUT2D eigenvalue weighted by Crippen LogP contribution is -1.91. The van der Waals surface area contributed by atoms with Gasteiger partial charge in [-0.05, 0) is 42.9 Å². The molecule has 0 aliphatic heterocycles. The molecule has 0 fully saturated rings. The Kier molecular flexibility index (Phi) is 5.17. The normalized spacial score (nSPS) is 10.6. The molecule has 0 spiro atoms. The second-order valence-corrected chi connectivity index (χ2v) is 5.02. The van der Waals surface area contributed by atoms with Gasteiger partial charge in [-0.25, -0.2) is 0 Å². The summed E-state index contributed by atoms with van der Waals surface area (Å²) in [5.41, 5.74) is 5.32. The van der Waals surface area contributed by atoms with Gasteiger partial charge >= 0.3 is 0 Å². The number of hydrogen-bond donors (Lipinski definition) is 0. The van der Waals surface area contributed by atoms with Crippen molar-refractivity contribution < 1.29 is 4.74 Å². The molecule has 0 heterocycles. The van der Waals surface area contributed by atoms with Crippen LogP contribution in [0, 0.1) is 6.92 Å². The van der Waals surface area contributed by atoms with Gasteiger partial charge in [-0.3, -0.25) is 0 Å². The molecule has 1 heteroatoms. The van der Waals surface area contributed by atoms with Crippen molar-refractivity contribution >= 4 is 0 Å². The van der Waals surface area contributed by atoms with E-state index in [1.807, 2.05) is 0 Å². The molecule has 1 nitrogen and oxygen atoms in total. The van der Waals surface area contributed by atoms with Crippen LogP contribution >= 0.6 is 0 Å². The quantitative estimate of drug-likeness (QED) is 0.683. The van der Waals surface area contributed by atoms with Gasteiger partial charge in [0.05, 0.1) is 0 Å². The molecule has 0 amide bonds. The van der Waals surface area contributed by atoms with Crippen LogP contribution in [0.25, 0.3) is 11.1 Å². The van der Waals surface area contributed by atoms with Gasteiger partial charge in [0.15, 0.2) is 0 Å². The fourth-order valence-corrected chi connectivity index (χ4v) is 2.23. The zero-order valence-corrected chi connectivity index (χ0v) is 11.9. The number of benzene rings is 2. The van der Waals surface area contributed by atoms with Crippen molar-refractivity contribution in [2.45, 2.75) is 26.2 Å². The first-order chi connectivity index (χ1) is 9.29. The van der Waals surface area contributed by atoms with Crippen LogP contribution in [0.15, 0.2) is 48.5 Å². The predicted octanol–water partition coefficient (Wildman–Crippen LogP) is 4.63. The van der Waals surface area contributed by atoms with E-state index in [0.29, 0.717) is 0 Å². The van der Waals surface area contributed by atoms with E-state index in [-0.39, 0.29) is 0 Å². The standard InChI is InChI=1S/C18H22O/c1-15-9-11-17(12-10-15)18-8-5-7-16(14-18)6-3-4-13-19-2/h5,7-12,14H,3-4,6,13H2,1-2H3. The van der Waals surface area contributed by atoms with Gasteiger partial charge in [-0.2, -0.15) is 0 Å². The zero-order chi connectivity index (χ0) is 13.5. The molecule has 100 valence electrons. The van der Waals surface area contributed by atoms with Crippen LogP contribution in [0.2, 0.25) is 0 Å². The fourth-order valence-electron chi connectivity index (χ4n) is 2.23. The monoisotopic (exact) mass is 254 g/mol. The lowest BCUT2D eigenvalue weighted by Gasteiger charge is -2.06. The van der Waals surface area contributed by atoms with Crippen molar-refractivity contribution in [2.75, 3.05) is 13.7 Å². The van der Waals surface area contributed by atoms with Crippen LogP contribution in [0.4, 0.5) is 0 Å². The molecule has 0 unspecified atom stereocenters. The Morgan fingerprint density at radius 3 is 2.42 bits per heavy atom. The summed E-state index contributed by atoms with van der Waals surface area (Å²) in [5, 5.41) is 0. The maximum Gasteiger partial charge on any atom is 0.0462 e. The molecule has 0 aromatic heterocycles. The Hall–Kier alpha value is -1.60. The molecule has 0 aliphatic rings. The van der Waals surface area contributed by atoms with E-state index in [1.54, 1.807) is 7.11 Å². The highest BCUT2D eigenvalue weighted by Gasteiger charge is 1.99. The number of aryl methyl sites for hydroxylation is 2. The summed E-state index contributed by atoms with van der Waals surface area (Å²) in [6, 6.07) is 17.6. The van der Waals surface area contributed by atoms with Crippen LogP contribution in [-0.2, 0) is 11.2 Å². The largest absolute Gasteiger partial charge is 0.385 e. The average molecular weight is 254 g/mol. The van der Waals surface area contributed by atoms with Crippen LogP contribution in [0.1, 0.15) is 24.0 Å². The number of rotatable bonds is 6. The smallest absolute Gasteiger partial charge is 0.0462 e. The zero-order valence-electron chi connectivity index (χ0n) is 11.9. The summed E-state index contributed by atoms with van der Waals surface area (Å²) in [4.78, 5) is 0. The number of unbranched alkanes of at least 4 members (excludes halogenated alkanes) is 1. The Morgan fingerprint density at radius 1 is 0.895 bits per heavy atom. The second-order valence-electron chi connectivity index (χ2n) is 5.02. The molecule has 2 aromatic rings. The second kappa shape index (κ2) is 7.10. The van der Waals surface area contributed by atoms with Gasteiger partial charge in [0.25, 0.3) is 0 Å². The molecule has 0 radical (unpaired) electrons. The summed E-state index contributed by atoms with van der Waals surface area (Å²) in [7, 11) is 1.76. The summed E-state index contributed by atoms with van der Waals surface area (Å²) in [6.07, 6.45) is 3.44. The third kappa shape index (κ3) is 4.22. The van der Waals surface area contributed by atoms with Crippen molar-refractivity contribution in [1.29, 1.82) is 0 Å². The number of ether oxygens (including phenoxy) is 1. The minimum Gasteiger partial charge on any atom is -0.385 e. The van der Waals surface area contributed by atoms with Gasteiger partial charge < -0.3 is 4.74 Å². The Bertz CT molecular complexity index is 499. The van der Waals surface area contributed by atoms with E-state index in [9.17, 15) is 0 Å². The summed E-state index contributed by atoms with van der Waals surface area (Å²) in [6.45, 7) is 2.98. The first-order valence-corrected chi connectivity index (χ1v) is 6.94. The minimum atomic E-state index is 0.859. The van der Waals surface area contributed by atoms with Crippen molar-refractivity contribution in [3.63, 3.8) is 0 Å². The van der Waals surface area contributed by atoms with E-state index < -0.39 is 0 Å². The minimum absolute atomic E-state index is 0.859. The fraction of sp³-hybridized carbons (Fsp3) is 0.333. The van der Waals surface area contributed by atoms with E-state index in [1.165, 1.54) is 28.7 Å². The van der Waals surface area contributed by atoms with Gasteiger partial charge in [-0.1, -0.05) is 54.1 Å². The molecule has 0 N–H and O–H groups in total. The van der Waals surface area contributed by atoms with Crippen LogP contribution in [-0.4, -0.2) is 13.7 Å². The third-order valence-corrected chi connectivity index (χ3v) is 3.38. The van der Waals surface area contributed by atoms with E-state index in [2.05, 4.69) is 55.5 Å². The van der Waals surface area contributed by atoms with E-state index >= 15 is 0 Å². The average Bonchev–Trinajstić information content (AvgIpc) is 2.45. The Morgan fingerprint density at radius 2 is 1.68 bits per heavy atom. The molecular formula is C18H22O. The predicted molar refractivity (Wildman–Crippen MR) is 81.4 cm³/mol. The molecule has 2 rings (SSSR count). The molecule has 0 saturated carbocycles. The highest BCUT2D eigenvalue weighted by Crippen LogP contribution is 2.21. The van der Waals surface area contributed by atoms with Gasteiger partial charge in [0.1, 0.15) is 0 Å². The lowest BCUT2D eigenvalue weighted by molar-refractivity contribution is 0.193. The highest BCUT2D eigenvalue weighted by atomic mass is 16.5. The molecular weight excluding hydrogens is 232 g/mol. The first kappa shape index (κ1) is 13.8. The van der Waals surface area contributed by atoms with E-state index in [4.69, 9.17) is 4.74 Å². The number of hydrogen-bond acceptors (Lipinski definition) is 1. The number of methoxy groups -OCH3 is 1. The van der Waals surface area contributed by atoms with Gasteiger partial charge in [-0.15, -0.1) is 0 Å². The lowest BCUT2D eigenvalue weighted by atomic mass is 10.00. The van der Waals surface area contributed by atoms with Gasteiger partial charge in [0, 0.05) is 13.7 Å². The third-order valence-electron chi connectivity index (χ3n) is 3.38. The topological polar surface area (TPSA) is 9.23 Å². The summed E-state index contributed by atoms with van der Waals surface area (Å²) < 4.78 is 5.08. The maximum absolute atomic E-state index is 5.08. The van der Waals surface area contributed by atoms with Gasteiger partial charge in [0.2, 0.25) is 0 Å². The molecule has 19 heavy (non-hydrogen) atoms. The highest BCUT2D eigenvalue weighted by molar-refractivity contribution is 5.64. The summed E-state index contributed by atoms with van der Waals surface area (Å²) >= 11 is 0. The molecule has 0 bridgehead atoms. The van der Waals surface area contributed by atoms with Crippen molar-refractivity contribution in [3.05, 3.63) is 59.7 Å². The molecule has 2 aromatic carbocycles. The van der Waals surface area contributed by atoms with Crippen LogP contribution < -0.4 is 0 Å². The molecule has 0 aliphatic carbocycles. The van der Waals surface area contributed by atoms with Crippen molar-refractivity contribution in [2.24, 2.45) is 0 Å². The van der Waals surface area contributed by atoms with Crippen molar-refractivity contribution in [3.8, 4) is 11.1 Å². The Balaban J connectivity index is 2.04. The van der Waals surface area contributed by atoms with E-state index in [0.717, 1.165) is 19.4 Å². The van der Waals surface area contributed by atoms with Crippen LogP contribution in [0.5, 0.6) is 0 Å². The molecule has 0 atom stereocenters. The van der Waals surface area contributed by atoms with Crippen LogP contribution in [0.3, 0.4) is 0 Å². The maximum atomic E-state index is 5.08. The SMILES string of the molecule is COCCCCc1cccc(-c2ccc(C)cc2)c1. The molecule has 0 saturated heterocycles. The van der Waals surface area contributed by atoms with Crippen molar-refractivity contribution in [1.82, 2.24) is 0 Å². The summed E-state index contributed by atoms with van der Waals surface area (Å²) in [5.74, 6) is 0. The Labute approximate surface area is 116 Å².